The number of methoxy groups -OCH3 is 2. The molecule has 10 N–H and O–H groups in total. The Morgan fingerprint density at radius 1 is 0.590 bits per heavy atom. The van der Waals surface area contributed by atoms with Gasteiger partial charge in [0.2, 0.25) is 17.7 Å². The first-order chi connectivity index (χ1) is 55.6. The Labute approximate surface area is 695 Å². The van der Waals surface area contributed by atoms with Crippen LogP contribution in [-0.2, 0) is 44.0 Å². The highest BCUT2D eigenvalue weighted by molar-refractivity contribution is 7.90. The summed E-state index contributed by atoms with van der Waals surface area (Å²) < 4.78 is 83.6. The zero-order valence-corrected chi connectivity index (χ0v) is 70.7. The average Bonchev–Trinajstić information content (AvgIpc) is 1.58. The molecule has 8 heterocycles. The van der Waals surface area contributed by atoms with Crippen molar-refractivity contribution in [2.45, 2.75) is 189 Å². The number of amides is 7. The van der Waals surface area contributed by atoms with Crippen LogP contribution in [0.25, 0.3) is 44.6 Å². The van der Waals surface area contributed by atoms with E-state index in [1.807, 2.05) is 79.2 Å². The minimum absolute atomic E-state index is 0. The van der Waals surface area contributed by atoms with Crippen LogP contribution in [-0.4, -0.2) is 176 Å². The number of sulfonamides is 2. The predicted molar refractivity (Wildman–Crippen MR) is 454 cm³/mol. The average molecular weight is 1700 g/mol. The van der Waals surface area contributed by atoms with Gasteiger partial charge in [0.05, 0.1) is 60.6 Å². The Morgan fingerprint density at radius 3 is 1.54 bits per heavy atom. The van der Waals surface area contributed by atoms with Crippen molar-refractivity contribution < 1.29 is 64.6 Å². The van der Waals surface area contributed by atoms with Gasteiger partial charge in [-0.2, -0.15) is 0 Å². The number of aromatic nitrogens is 4. The Kier molecular flexibility index (Phi) is 27.2. The van der Waals surface area contributed by atoms with Crippen LogP contribution in [0.5, 0.6) is 23.0 Å². The molecule has 35 heteroatoms. The van der Waals surface area contributed by atoms with E-state index < -0.39 is 96.8 Å². The Bertz CT molecular complexity index is 5300. The van der Waals surface area contributed by atoms with Gasteiger partial charge in [0.25, 0.3) is 31.9 Å². The van der Waals surface area contributed by atoms with Gasteiger partial charge in [0.15, 0.2) is 10.3 Å². The second kappa shape index (κ2) is 37.1. The number of benzene rings is 4. The van der Waals surface area contributed by atoms with Gasteiger partial charge in [-0.3, -0.25) is 29.4 Å². The lowest BCUT2D eigenvalue weighted by atomic mass is 10.1. The Balaban J connectivity index is 0.000000217. The number of halogens is 1. The molecule has 117 heavy (non-hydrogen) atoms. The maximum atomic E-state index is 14.7. The number of hydrazine groups is 1. The number of carbonyl (C=O) groups is 6. The highest BCUT2D eigenvalue weighted by atomic mass is 35.5. The molecule has 0 bridgehead atoms. The quantitative estimate of drug-likeness (QED) is 0.0299. The molecule has 7 amide bonds. The summed E-state index contributed by atoms with van der Waals surface area (Å²) >= 11 is 2.94. The molecule has 8 atom stereocenters. The van der Waals surface area contributed by atoms with E-state index in [9.17, 15) is 45.6 Å². The SMILES string of the molecule is COc1ccc2c(O[C@@H]3C[C@@H](C(=O)N[C@]45C[C@H]4/C=C\CCCCCNc4ccccc4S(=O)(=O)NC5=O)N(C(=O)N(NC(C)=O)C(C)C)C3)cc(-c3csc(NC(C)C)n3)nc2c1.COc1ccc2c(O[C@H]3CN[C@H](C(=O)N[C@]45C[C@H]4/C=C\CCCCCNc4ccccc4S(=O)(=O)NC5=O)C3)cc(-c3csc(NC(C)C)n3)nc2c1.Cl. The first-order valence-electron chi connectivity index (χ1n) is 39.3. The maximum Gasteiger partial charge on any atom is 0.339 e. The molecule has 0 radical (unpaired) electrons. The fraction of sp³-hybridized carbons (Fsp3) is 0.439. The molecule has 2 saturated carbocycles. The summed E-state index contributed by atoms with van der Waals surface area (Å²) in [6.45, 7) is 14.4. The normalized spacial score (nSPS) is 23.4. The van der Waals surface area contributed by atoms with Gasteiger partial charge >= 0.3 is 6.03 Å². The van der Waals surface area contributed by atoms with Crippen LogP contribution < -0.4 is 71.0 Å². The van der Waals surface area contributed by atoms with Crippen molar-refractivity contribution in [3.63, 3.8) is 0 Å². The summed E-state index contributed by atoms with van der Waals surface area (Å²) in [5.74, 6) is -1.78. The molecular formula is C82H101ClN16O14S4. The van der Waals surface area contributed by atoms with Crippen LogP contribution in [0.1, 0.15) is 126 Å². The van der Waals surface area contributed by atoms with E-state index in [0.29, 0.717) is 106 Å². The number of likely N-dealkylation sites (tertiary alicyclic amines) is 1. The highest BCUT2D eigenvalue weighted by Gasteiger charge is 2.63. The van der Waals surface area contributed by atoms with Crippen LogP contribution in [0.15, 0.2) is 142 Å². The van der Waals surface area contributed by atoms with Crippen molar-refractivity contribution in [2.75, 3.05) is 61.7 Å². The third-order valence-electron chi connectivity index (χ3n) is 20.9. The zero-order valence-electron chi connectivity index (χ0n) is 66.7. The van der Waals surface area contributed by atoms with Crippen molar-refractivity contribution in [3.05, 3.63) is 132 Å². The second-order valence-electron chi connectivity index (χ2n) is 30.8. The number of ether oxygens (including phenoxy) is 4. The molecule has 30 nitrogen and oxygen atoms in total. The number of allylic oxidation sites excluding steroid dienone is 2. The standard InChI is InChI=1S/C44H55N9O8S2.C38H45N7O6S2.ClH/c1-26(2)46-42-48-36(25-62-42)35-22-38(32-18-17-30(60-6)20-34(32)47-35)61-31-21-37(52(24-31)43(57)53(27(3)4)50-28(5)54)40(55)49-44-23-29(44)14-10-8-7-9-13-19-45-33-15-11-12-16-39(33)63(58,59)51-41(44)56;1-23(2)41-37-43-32(22-52-37)30-19-33(27-15-14-25(50-3)17-29(27)42-30)51-26-18-31(40-21-26)35(46)44-38-20-24(38)11-7-5-4-6-10-16-39-28-12-8-9-13-34(28)53(48,49)45-36(38)47;/h10-12,14-18,20,22,25-27,29,31,37,45H,7-9,13,19,21,23-24H2,1-6H3,(H,46,48)(H,49,55)(H,50,54)(H,51,56);7-9,11-15,17,19,22-24,26,31,39-40H,4-6,10,16,18,20-21H2,1-3H3,(H,41,43)(H,44,46)(H,45,47);1H/b14-10-;11-7-;/t29-,31-,37+,44-;24-,26-,31+,38-;/m11./s1. The maximum absolute atomic E-state index is 14.7. The summed E-state index contributed by atoms with van der Waals surface area (Å²) in [6.07, 6.45) is 14.4. The Morgan fingerprint density at radius 2 is 1.07 bits per heavy atom. The first-order valence-corrected chi connectivity index (χ1v) is 44.0. The molecule has 2 saturated heterocycles. The number of urea groups is 1. The van der Waals surface area contributed by atoms with Gasteiger partial charge in [0, 0.05) is 115 Å². The molecule has 624 valence electrons. The van der Waals surface area contributed by atoms with E-state index in [1.54, 1.807) is 82.7 Å². The van der Waals surface area contributed by atoms with Crippen LogP contribution in [0, 0.1) is 11.8 Å². The molecule has 4 aromatic heterocycles. The van der Waals surface area contributed by atoms with Crippen LogP contribution in [0.4, 0.5) is 26.4 Å². The number of nitrogens with zero attached hydrogens (tertiary/aromatic N) is 6. The number of nitrogens with one attached hydrogen (secondary N) is 10. The summed E-state index contributed by atoms with van der Waals surface area (Å²) in [4.78, 5) is 104. The van der Waals surface area contributed by atoms with Crippen molar-refractivity contribution in [1.82, 2.24) is 60.7 Å². The predicted octanol–water partition coefficient (Wildman–Crippen LogP) is 11.5. The number of carbonyl (C=O) groups excluding carboxylic acids is 6. The van der Waals surface area contributed by atoms with Gasteiger partial charge < -0.3 is 61.1 Å². The van der Waals surface area contributed by atoms with E-state index in [-0.39, 0.29) is 65.7 Å². The Hall–Kier alpha value is -10.4. The number of rotatable bonds is 17. The molecule has 4 aromatic carbocycles. The number of para-hydroxylation sites is 2. The minimum Gasteiger partial charge on any atom is -0.497 e. The van der Waals surface area contributed by atoms with Crippen LogP contribution >= 0.6 is 35.1 Å². The summed E-state index contributed by atoms with van der Waals surface area (Å²) in [5, 5.41) is 30.1. The highest BCUT2D eigenvalue weighted by Crippen LogP contribution is 2.48. The van der Waals surface area contributed by atoms with E-state index in [2.05, 4.69) is 65.9 Å². The third-order valence-corrected chi connectivity index (χ3v) is 25.2. The molecule has 0 unspecified atom stereocenters. The number of hydrogen-bond acceptors (Lipinski definition) is 25. The number of anilines is 4. The molecule has 2 aliphatic carbocycles. The monoisotopic (exact) mass is 1700 g/mol. The molecule has 8 aromatic rings. The largest absolute Gasteiger partial charge is 0.497 e. The molecule has 4 fully saturated rings. The molecule has 14 rings (SSSR count). The van der Waals surface area contributed by atoms with Crippen LogP contribution in [0.2, 0.25) is 0 Å². The fourth-order valence-corrected chi connectivity index (χ4v) is 18.9. The van der Waals surface area contributed by atoms with Crippen molar-refractivity contribution in [2.24, 2.45) is 11.8 Å². The smallest absolute Gasteiger partial charge is 0.339 e. The minimum atomic E-state index is -4.39. The van der Waals surface area contributed by atoms with E-state index in [1.165, 1.54) is 46.6 Å². The number of thiazole rings is 2. The summed E-state index contributed by atoms with van der Waals surface area (Å²) in [7, 11) is -5.46. The number of fused-ring (bicyclic) bond motifs is 6. The van der Waals surface area contributed by atoms with Gasteiger partial charge in [-0.15, -0.1) is 35.1 Å². The zero-order chi connectivity index (χ0) is 82.2. The summed E-state index contributed by atoms with van der Waals surface area (Å²) in [5.41, 5.74) is 4.11. The lowest BCUT2D eigenvalue weighted by Crippen LogP contribution is -2.60. The topological polar surface area (TPSA) is 386 Å². The number of hydrogen-bond donors (Lipinski definition) is 10. The van der Waals surface area contributed by atoms with Gasteiger partial charge in [-0.1, -0.05) is 61.4 Å². The van der Waals surface area contributed by atoms with Crippen molar-refractivity contribution in [3.8, 4) is 45.8 Å². The number of pyridine rings is 2. The molecule has 0 spiro atoms. The first kappa shape index (κ1) is 86.0. The van der Waals surface area contributed by atoms with E-state index in [4.69, 9.17) is 38.9 Å². The van der Waals surface area contributed by atoms with Gasteiger partial charge in [0.1, 0.15) is 73.5 Å². The van der Waals surface area contributed by atoms with E-state index >= 15 is 0 Å². The lowest BCUT2D eigenvalue weighted by molar-refractivity contribution is -0.131. The second-order valence-corrected chi connectivity index (χ2v) is 35.8. The molecule has 4 aliphatic heterocycles. The third kappa shape index (κ3) is 20.3. The fourth-order valence-electron chi connectivity index (χ4n) is 14.8. The van der Waals surface area contributed by atoms with Gasteiger partial charge in [-0.25, -0.2) is 56.0 Å². The van der Waals surface area contributed by atoms with E-state index in [0.717, 1.165) is 72.0 Å². The van der Waals surface area contributed by atoms with Gasteiger partial charge in [-0.05, 0) is 141 Å². The van der Waals surface area contributed by atoms with Crippen molar-refractivity contribution >= 4 is 134 Å². The summed E-state index contributed by atoms with van der Waals surface area (Å²) in [6, 6.07) is 24.9. The van der Waals surface area contributed by atoms with Crippen LogP contribution in [0.3, 0.4) is 0 Å². The molecular weight excluding hydrogens is 1600 g/mol. The lowest BCUT2D eigenvalue weighted by Gasteiger charge is -2.33. The molecule has 6 aliphatic rings. The van der Waals surface area contributed by atoms with Crippen molar-refractivity contribution in [1.29, 1.82) is 0 Å².